The Kier molecular flexibility index (Phi) is 8.08. The van der Waals surface area contributed by atoms with Gasteiger partial charge < -0.3 is 10.1 Å². The Morgan fingerprint density at radius 2 is 1.78 bits per heavy atom. The summed E-state index contributed by atoms with van der Waals surface area (Å²) in [6, 6.07) is 11.6. The van der Waals surface area contributed by atoms with Gasteiger partial charge in [-0.3, -0.25) is 9.78 Å². The minimum absolute atomic E-state index is 0.124. The van der Waals surface area contributed by atoms with Crippen LogP contribution in [0, 0.1) is 11.3 Å². The first-order valence-corrected chi connectivity index (χ1v) is 11.5. The summed E-state index contributed by atoms with van der Waals surface area (Å²) < 4.78 is 45.0. The van der Waals surface area contributed by atoms with Crippen molar-refractivity contribution in [1.29, 1.82) is 0 Å². The fourth-order valence-electron chi connectivity index (χ4n) is 3.00. The molecule has 1 heterocycles. The standard InChI is InChI=1S/C25H26ClF3N4O3/c1-14(2)13-36-17-8-6-16(7-9-17)20-31-21(33-23(35)32-20)18-11-15(5-10-19(18)26)12-30-22(34)24(3,4)25(27,28)29/h5-11,14H,12-13H2,1-4H3,(H,30,34)(H,31,32,33,35). The van der Waals surface area contributed by atoms with Crippen LogP contribution in [0.15, 0.2) is 47.3 Å². The minimum Gasteiger partial charge on any atom is -0.493 e. The fourth-order valence-corrected chi connectivity index (χ4v) is 3.21. The number of aromatic amines is 1. The summed E-state index contributed by atoms with van der Waals surface area (Å²) in [6.45, 7) is 6.09. The lowest BCUT2D eigenvalue weighted by Gasteiger charge is -2.26. The predicted molar refractivity (Wildman–Crippen MR) is 131 cm³/mol. The number of hydrogen-bond donors (Lipinski definition) is 2. The van der Waals surface area contributed by atoms with Crippen LogP contribution in [0.4, 0.5) is 13.2 Å². The van der Waals surface area contributed by atoms with Gasteiger partial charge in [0, 0.05) is 17.7 Å². The molecule has 2 aromatic carbocycles. The van der Waals surface area contributed by atoms with Crippen molar-refractivity contribution >= 4 is 17.5 Å². The second-order valence-corrected chi connectivity index (χ2v) is 9.58. The lowest BCUT2D eigenvalue weighted by atomic mass is 9.91. The van der Waals surface area contributed by atoms with Crippen molar-refractivity contribution in [2.75, 3.05) is 6.61 Å². The highest BCUT2D eigenvalue weighted by molar-refractivity contribution is 6.33. The van der Waals surface area contributed by atoms with E-state index in [1.165, 1.54) is 12.1 Å². The highest BCUT2D eigenvalue weighted by Gasteiger charge is 2.52. The van der Waals surface area contributed by atoms with Gasteiger partial charge in [0.2, 0.25) is 5.91 Å². The van der Waals surface area contributed by atoms with E-state index in [0.717, 1.165) is 13.8 Å². The number of H-pyrrole nitrogens is 1. The third-order valence-corrected chi connectivity index (χ3v) is 5.69. The monoisotopic (exact) mass is 522 g/mol. The number of hydrogen-bond acceptors (Lipinski definition) is 5. The van der Waals surface area contributed by atoms with Crippen LogP contribution in [-0.2, 0) is 11.3 Å². The fraction of sp³-hybridized carbons (Fsp3) is 0.360. The number of alkyl halides is 3. The van der Waals surface area contributed by atoms with E-state index < -0.39 is 23.2 Å². The van der Waals surface area contributed by atoms with Crippen LogP contribution < -0.4 is 15.7 Å². The Morgan fingerprint density at radius 1 is 1.11 bits per heavy atom. The first-order valence-electron chi connectivity index (χ1n) is 11.1. The lowest BCUT2D eigenvalue weighted by molar-refractivity contribution is -0.211. The van der Waals surface area contributed by atoms with Gasteiger partial charge in [0.15, 0.2) is 5.82 Å². The molecule has 0 saturated carbocycles. The molecule has 1 amide bonds. The zero-order valence-corrected chi connectivity index (χ0v) is 20.9. The molecule has 192 valence electrons. The van der Waals surface area contributed by atoms with Crippen LogP contribution in [0.2, 0.25) is 5.02 Å². The lowest BCUT2D eigenvalue weighted by Crippen LogP contribution is -2.46. The number of nitrogens with zero attached hydrogens (tertiary/aromatic N) is 2. The van der Waals surface area contributed by atoms with Gasteiger partial charge in [-0.05, 0) is 61.7 Å². The van der Waals surface area contributed by atoms with E-state index >= 15 is 0 Å². The van der Waals surface area contributed by atoms with Crippen LogP contribution in [-0.4, -0.2) is 33.6 Å². The number of benzene rings is 2. The van der Waals surface area contributed by atoms with E-state index in [1.807, 2.05) is 13.8 Å². The molecule has 1 aromatic heterocycles. The summed E-state index contributed by atoms with van der Waals surface area (Å²) in [5.41, 5.74) is -1.83. The molecule has 36 heavy (non-hydrogen) atoms. The van der Waals surface area contributed by atoms with Crippen molar-refractivity contribution in [2.24, 2.45) is 11.3 Å². The van der Waals surface area contributed by atoms with Crippen LogP contribution in [0.1, 0.15) is 33.3 Å². The van der Waals surface area contributed by atoms with Crippen molar-refractivity contribution in [3.63, 3.8) is 0 Å². The van der Waals surface area contributed by atoms with Gasteiger partial charge in [-0.2, -0.15) is 18.2 Å². The number of carbonyl (C=O) groups excluding carboxylic acids is 1. The van der Waals surface area contributed by atoms with Crippen LogP contribution in [0.25, 0.3) is 22.8 Å². The normalized spacial score (nSPS) is 12.0. The van der Waals surface area contributed by atoms with Gasteiger partial charge in [-0.25, -0.2) is 9.78 Å². The maximum absolute atomic E-state index is 13.1. The Morgan fingerprint density at radius 3 is 2.39 bits per heavy atom. The molecule has 0 saturated heterocycles. The minimum atomic E-state index is -4.70. The van der Waals surface area contributed by atoms with Crippen molar-refractivity contribution in [1.82, 2.24) is 20.3 Å². The average molecular weight is 523 g/mol. The molecule has 0 aliphatic heterocycles. The molecule has 11 heteroatoms. The predicted octanol–water partition coefficient (Wildman–Crippen LogP) is 5.39. The molecule has 7 nitrogen and oxygen atoms in total. The smallest absolute Gasteiger partial charge is 0.402 e. The first kappa shape index (κ1) is 27.2. The largest absolute Gasteiger partial charge is 0.493 e. The number of carbonyl (C=O) groups is 1. The molecule has 0 fully saturated rings. The molecule has 0 unspecified atom stereocenters. The highest BCUT2D eigenvalue weighted by Crippen LogP contribution is 2.37. The molecule has 0 aliphatic carbocycles. The van der Waals surface area contributed by atoms with Crippen LogP contribution >= 0.6 is 11.6 Å². The van der Waals surface area contributed by atoms with Crippen molar-refractivity contribution < 1.29 is 22.7 Å². The Balaban J connectivity index is 1.85. The maximum atomic E-state index is 13.1. The van der Waals surface area contributed by atoms with E-state index in [1.54, 1.807) is 30.3 Å². The van der Waals surface area contributed by atoms with Gasteiger partial charge in [-0.1, -0.05) is 31.5 Å². The second-order valence-electron chi connectivity index (χ2n) is 9.17. The summed E-state index contributed by atoms with van der Waals surface area (Å²) in [5.74, 6) is 0.159. The van der Waals surface area contributed by atoms with Gasteiger partial charge in [-0.15, -0.1) is 0 Å². The molecule has 0 spiro atoms. The average Bonchev–Trinajstić information content (AvgIpc) is 2.81. The number of aromatic nitrogens is 3. The Labute approximate surface area is 211 Å². The van der Waals surface area contributed by atoms with Gasteiger partial charge in [0.25, 0.3) is 0 Å². The molecule has 0 radical (unpaired) electrons. The number of amides is 1. The topological polar surface area (TPSA) is 97.0 Å². The molecule has 0 bridgehead atoms. The molecule has 3 aromatic rings. The van der Waals surface area contributed by atoms with Crippen molar-refractivity contribution in [2.45, 2.75) is 40.4 Å². The molecule has 2 N–H and O–H groups in total. The third kappa shape index (κ3) is 6.42. The SMILES string of the molecule is CC(C)COc1ccc(-c2nc(-c3cc(CNC(=O)C(C)(C)C(F)(F)F)ccc3Cl)[nH]c(=O)n2)cc1. The molecule has 3 rings (SSSR count). The first-order chi connectivity index (χ1) is 16.8. The van der Waals surface area contributed by atoms with E-state index in [-0.39, 0.29) is 23.2 Å². The quantitative estimate of drug-likeness (QED) is 0.413. The van der Waals surface area contributed by atoms with Crippen LogP contribution in [0.3, 0.4) is 0 Å². The number of ether oxygens (including phenoxy) is 1. The molecule has 0 atom stereocenters. The van der Waals surface area contributed by atoms with E-state index in [0.29, 0.717) is 35.0 Å². The number of rotatable bonds is 8. The molecular formula is C25H26ClF3N4O3. The highest BCUT2D eigenvalue weighted by atomic mass is 35.5. The van der Waals surface area contributed by atoms with E-state index in [4.69, 9.17) is 16.3 Å². The van der Waals surface area contributed by atoms with Gasteiger partial charge in [0.1, 0.15) is 17.0 Å². The van der Waals surface area contributed by atoms with Gasteiger partial charge >= 0.3 is 11.9 Å². The maximum Gasteiger partial charge on any atom is 0.402 e. The summed E-state index contributed by atoms with van der Waals surface area (Å²) in [7, 11) is 0. The third-order valence-electron chi connectivity index (χ3n) is 5.36. The summed E-state index contributed by atoms with van der Waals surface area (Å²) in [4.78, 5) is 35.3. The summed E-state index contributed by atoms with van der Waals surface area (Å²) >= 11 is 6.32. The van der Waals surface area contributed by atoms with Crippen molar-refractivity contribution in [3.05, 3.63) is 63.5 Å². The summed E-state index contributed by atoms with van der Waals surface area (Å²) in [6.07, 6.45) is -4.70. The van der Waals surface area contributed by atoms with Crippen molar-refractivity contribution in [3.8, 4) is 28.5 Å². The number of nitrogens with one attached hydrogen (secondary N) is 2. The van der Waals surface area contributed by atoms with E-state index in [2.05, 4.69) is 20.3 Å². The second kappa shape index (κ2) is 10.7. The Hall–Kier alpha value is -3.40. The van der Waals surface area contributed by atoms with Gasteiger partial charge in [0.05, 0.1) is 11.6 Å². The Bertz CT molecular complexity index is 1290. The molecule has 0 aliphatic rings. The zero-order valence-electron chi connectivity index (χ0n) is 20.2. The van der Waals surface area contributed by atoms with E-state index in [9.17, 15) is 22.8 Å². The van der Waals surface area contributed by atoms with Crippen LogP contribution in [0.5, 0.6) is 5.75 Å². The number of halogens is 4. The summed E-state index contributed by atoms with van der Waals surface area (Å²) in [5, 5.41) is 2.54. The zero-order chi connectivity index (χ0) is 26.7. The molecular weight excluding hydrogens is 497 g/mol.